The lowest BCUT2D eigenvalue weighted by molar-refractivity contribution is -0.0527. The normalized spacial score (nSPS) is 14.9. The van der Waals surface area contributed by atoms with E-state index in [2.05, 4.69) is 10.1 Å². The van der Waals surface area contributed by atoms with E-state index in [0.29, 0.717) is 17.3 Å². The third-order valence-corrected chi connectivity index (χ3v) is 5.06. The molecule has 1 atom stereocenters. The first-order valence-electron chi connectivity index (χ1n) is 6.73. The second-order valence-electron chi connectivity index (χ2n) is 6.12. The van der Waals surface area contributed by atoms with Gasteiger partial charge in [-0.25, -0.2) is 4.98 Å². The fourth-order valence-electron chi connectivity index (χ4n) is 1.82. The van der Waals surface area contributed by atoms with Crippen LogP contribution in [0.25, 0.3) is 0 Å². The summed E-state index contributed by atoms with van der Waals surface area (Å²) in [6.45, 7) is 6.52. The fourth-order valence-corrected chi connectivity index (χ4v) is 3.20. The molecule has 114 valence electrons. The quantitative estimate of drug-likeness (QED) is 0.855. The Morgan fingerprint density at radius 3 is 2.43 bits per heavy atom. The molecule has 21 heavy (non-hydrogen) atoms. The first-order valence-corrected chi connectivity index (χ1v) is 8.10. The average Bonchev–Trinajstić information content (AvgIpc) is 2.89. The molecule has 0 aliphatic carbocycles. The summed E-state index contributed by atoms with van der Waals surface area (Å²) in [7, 11) is 0. The highest BCUT2D eigenvalue weighted by Gasteiger charge is 2.40. The number of aromatic nitrogens is 3. The van der Waals surface area contributed by atoms with Crippen LogP contribution in [-0.4, -0.2) is 31.2 Å². The van der Waals surface area contributed by atoms with Crippen molar-refractivity contribution in [3.63, 3.8) is 0 Å². The summed E-state index contributed by atoms with van der Waals surface area (Å²) in [5.74, 6) is 0.567. The summed E-state index contributed by atoms with van der Waals surface area (Å²) in [6, 6.07) is 7.64. The van der Waals surface area contributed by atoms with Crippen LogP contribution in [0.2, 0.25) is 5.02 Å². The van der Waals surface area contributed by atoms with E-state index in [9.17, 15) is 5.11 Å². The third kappa shape index (κ3) is 4.22. The molecule has 0 saturated heterocycles. The van der Waals surface area contributed by atoms with E-state index in [-0.39, 0.29) is 5.41 Å². The molecule has 6 heteroatoms. The molecule has 1 N–H and O–H groups in total. The fraction of sp³-hybridized carbons (Fsp3) is 0.467. The van der Waals surface area contributed by atoms with E-state index in [1.54, 1.807) is 22.8 Å². The molecule has 0 saturated carbocycles. The maximum absolute atomic E-state index is 11.1. The molecule has 4 nitrogen and oxygen atoms in total. The molecule has 0 fully saturated rings. The Morgan fingerprint density at radius 2 is 1.90 bits per heavy atom. The van der Waals surface area contributed by atoms with Crippen LogP contribution in [0.15, 0.2) is 41.8 Å². The molecule has 0 radical (unpaired) electrons. The van der Waals surface area contributed by atoms with Crippen LogP contribution in [0.5, 0.6) is 0 Å². The van der Waals surface area contributed by atoms with Gasteiger partial charge < -0.3 is 5.11 Å². The van der Waals surface area contributed by atoms with Crippen molar-refractivity contribution in [2.75, 3.05) is 5.75 Å². The lowest BCUT2D eigenvalue weighted by atomic mass is 9.77. The van der Waals surface area contributed by atoms with Crippen molar-refractivity contribution in [1.82, 2.24) is 14.8 Å². The lowest BCUT2D eigenvalue weighted by Gasteiger charge is -2.40. The number of rotatable bonds is 5. The molecule has 0 aliphatic rings. The Labute approximate surface area is 134 Å². The van der Waals surface area contributed by atoms with Crippen molar-refractivity contribution < 1.29 is 5.11 Å². The van der Waals surface area contributed by atoms with Crippen molar-refractivity contribution in [3.05, 3.63) is 41.9 Å². The SMILES string of the molecule is CC(C)(C)C(O)(CSc1ccc(Cl)cc1)Cn1cncn1. The number of benzene rings is 1. The zero-order valence-corrected chi connectivity index (χ0v) is 14.0. The second-order valence-corrected chi connectivity index (χ2v) is 7.60. The third-order valence-electron chi connectivity index (χ3n) is 3.58. The minimum atomic E-state index is -0.898. The van der Waals surface area contributed by atoms with Gasteiger partial charge in [0.1, 0.15) is 12.7 Å². The summed E-state index contributed by atoms with van der Waals surface area (Å²) in [5.41, 5.74) is -1.18. The first kappa shape index (κ1) is 16.3. The Kier molecular flexibility index (Phi) is 4.96. The standard InChI is InChI=1S/C15H20ClN3OS/c1-14(2,3)15(20,8-19-11-17-10-18-19)9-21-13-6-4-12(16)5-7-13/h4-7,10-11,20H,8-9H2,1-3H3. The smallest absolute Gasteiger partial charge is 0.137 e. The number of nitrogens with zero attached hydrogens (tertiary/aromatic N) is 3. The molecule has 0 amide bonds. The van der Waals surface area contributed by atoms with Crippen molar-refractivity contribution in [2.24, 2.45) is 5.41 Å². The van der Waals surface area contributed by atoms with Gasteiger partial charge in [0.15, 0.2) is 0 Å². The van der Waals surface area contributed by atoms with Crippen molar-refractivity contribution in [1.29, 1.82) is 0 Å². The predicted octanol–water partition coefficient (Wildman–Crippen LogP) is 3.50. The second kappa shape index (κ2) is 6.38. The molecule has 1 aromatic heterocycles. The monoisotopic (exact) mass is 325 g/mol. The number of hydrogen-bond donors (Lipinski definition) is 1. The topological polar surface area (TPSA) is 50.9 Å². The van der Waals surface area contributed by atoms with Crippen LogP contribution in [-0.2, 0) is 6.54 Å². The minimum Gasteiger partial charge on any atom is -0.387 e. The van der Waals surface area contributed by atoms with Gasteiger partial charge in [-0.05, 0) is 29.7 Å². The van der Waals surface area contributed by atoms with Crippen LogP contribution in [0.1, 0.15) is 20.8 Å². The maximum atomic E-state index is 11.1. The summed E-state index contributed by atoms with van der Waals surface area (Å²) >= 11 is 7.51. The van der Waals surface area contributed by atoms with E-state index in [1.807, 2.05) is 45.0 Å². The molecule has 0 spiro atoms. The molecule has 2 aromatic rings. The van der Waals surface area contributed by atoms with Crippen LogP contribution in [0.4, 0.5) is 0 Å². The number of hydrogen-bond acceptors (Lipinski definition) is 4. The van der Waals surface area contributed by atoms with Crippen LogP contribution in [0.3, 0.4) is 0 Å². The van der Waals surface area contributed by atoms with Crippen LogP contribution in [0, 0.1) is 5.41 Å². The Hall–Kier alpha value is -1.04. The Bertz CT molecular complexity index is 566. The number of aliphatic hydroxyl groups is 1. The van der Waals surface area contributed by atoms with Gasteiger partial charge >= 0.3 is 0 Å². The highest BCUT2D eigenvalue weighted by molar-refractivity contribution is 7.99. The molecule has 1 aromatic carbocycles. The highest BCUT2D eigenvalue weighted by atomic mass is 35.5. The molecule has 0 aliphatic heterocycles. The van der Waals surface area contributed by atoms with E-state index in [0.717, 1.165) is 4.90 Å². The van der Waals surface area contributed by atoms with Crippen molar-refractivity contribution in [2.45, 2.75) is 37.8 Å². The first-order chi connectivity index (χ1) is 9.80. The number of halogens is 1. The van der Waals surface area contributed by atoms with E-state index < -0.39 is 5.60 Å². The van der Waals surface area contributed by atoms with Gasteiger partial charge in [-0.3, -0.25) is 4.68 Å². The van der Waals surface area contributed by atoms with Gasteiger partial charge in [0, 0.05) is 15.7 Å². The van der Waals surface area contributed by atoms with Crippen molar-refractivity contribution >= 4 is 23.4 Å². The van der Waals surface area contributed by atoms with E-state index in [4.69, 9.17) is 11.6 Å². The lowest BCUT2D eigenvalue weighted by Crippen LogP contribution is -2.49. The molecule has 1 heterocycles. The summed E-state index contributed by atoms with van der Waals surface area (Å²) in [5, 5.41) is 15.9. The number of thioether (sulfide) groups is 1. The van der Waals surface area contributed by atoms with Crippen molar-refractivity contribution in [3.8, 4) is 0 Å². The van der Waals surface area contributed by atoms with Gasteiger partial charge in [0.05, 0.1) is 12.1 Å². The van der Waals surface area contributed by atoms with Crippen LogP contribution < -0.4 is 0 Å². The maximum Gasteiger partial charge on any atom is 0.137 e. The Morgan fingerprint density at radius 1 is 1.24 bits per heavy atom. The predicted molar refractivity (Wildman–Crippen MR) is 86.6 cm³/mol. The molecular formula is C15H20ClN3OS. The summed E-state index contributed by atoms with van der Waals surface area (Å²) in [4.78, 5) is 5.02. The highest BCUT2D eigenvalue weighted by Crippen LogP contribution is 2.36. The van der Waals surface area contributed by atoms with Gasteiger partial charge in [-0.1, -0.05) is 32.4 Å². The van der Waals surface area contributed by atoms with Gasteiger partial charge in [0.2, 0.25) is 0 Å². The largest absolute Gasteiger partial charge is 0.387 e. The van der Waals surface area contributed by atoms with Gasteiger partial charge in [0.25, 0.3) is 0 Å². The molecule has 0 bridgehead atoms. The van der Waals surface area contributed by atoms with E-state index >= 15 is 0 Å². The summed E-state index contributed by atoms with van der Waals surface area (Å²) in [6.07, 6.45) is 3.11. The average molecular weight is 326 g/mol. The zero-order valence-electron chi connectivity index (χ0n) is 12.5. The molecular weight excluding hydrogens is 306 g/mol. The Balaban J connectivity index is 2.11. The molecule has 2 rings (SSSR count). The van der Waals surface area contributed by atoms with E-state index in [1.165, 1.54) is 6.33 Å². The van der Waals surface area contributed by atoms with Gasteiger partial charge in [-0.15, -0.1) is 11.8 Å². The zero-order chi connectivity index (χ0) is 15.5. The molecule has 1 unspecified atom stereocenters. The summed E-state index contributed by atoms with van der Waals surface area (Å²) < 4.78 is 1.67. The van der Waals surface area contributed by atoms with Gasteiger partial charge in [-0.2, -0.15) is 5.10 Å². The van der Waals surface area contributed by atoms with Crippen LogP contribution >= 0.6 is 23.4 Å². The minimum absolute atomic E-state index is 0.279.